The number of ketones is 1. The number of hydrogen-bond donors (Lipinski definition) is 0. The van der Waals surface area contributed by atoms with Crippen molar-refractivity contribution >= 4 is 11.8 Å². The molecule has 1 atom stereocenters. The van der Waals surface area contributed by atoms with E-state index in [-0.39, 0.29) is 29.9 Å². The molecule has 1 saturated heterocycles. The van der Waals surface area contributed by atoms with E-state index in [9.17, 15) is 9.59 Å². The zero-order valence-electron chi connectivity index (χ0n) is 12.6. The Hall–Kier alpha value is -1.79. The van der Waals surface area contributed by atoms with Crippen molar-refractivity contribution in [2.75, 3.05) is 13.2 Å². The molecule has 2 heterocycles. The predicted octanol–water partition coefficient (Wildman–Crippen LogP) is 2.28. The molecule has 21 heavy (non-hydrogen) atoms. The lowest BCUT2D eigenvalue weighted by Gasteiger charge is -2.17. The number of esters is 1. The highest BCUT2D eigenvalue weighted by atomic mass is 16.7. The van der Waals surface area contributed by atoms with Gasteiger partial charge in [-0.25, -0.2) is 9.78 Å². The SMILES string of the molecule is CCOC(=O)c1cc(C2COC(C)(C)O2)cc(C(C)=O)n1. The van der Waals surface area contributed by atoms with Crippen molar-refractivity contribution in [3.63, 3.8) is 0 Å². The van der Waals surface area contributed by atoms with Gasteiger partial charge in [0.25, 0.3) is 0 Å². The van der Waals surface area contributed by atoms with E-state index in [4.69, 9.17) is 14.2 Å². The first-order valence-corrected chi connectivity index (χ1v) is 6.84. The topological polar surface area (TPSA) is 74.7 Å². The third-order valence-electron chi connectivity index (χ3n) is 3.07. The molecule has 0 radical (unpaired) electrons. The summed E-state index contributed by atoms with van der Waals surface area (Å²) < 4.78 is 16.2. The summed E-state index contributed by atoms with van der Waals surface area (Å²) in [5.74, 6) is -1.46. The highest BCUT2D eigenvalue weighted by molar-refractivity contribution is 5.94. The van der Waals surface area contributed by atoms with Crippen LogP contribution in [0.3, 0.4) is 0 Å². The number of carbonyl (C=O) groups excluding carboxylic acids is 2. The van der Waals surface area contributed by atoms with E-state index in [0.29, 0.717) is 12.2 Å². The smallest absolute Gasteiger partial charge is 0.356 e. The van der Waals surface area contributed by atoms with Gasteiger partial charge in [0.15, 0.2) is 11.6 Å². The standard InChI is InChI=1S/C15H19NO5/c1-5-19-14(18)12-7-10(6-11(16-12)9(2)17)13-8-20-15(3,4)21-13/h6-7,13H,5,8H2,1-4H3. The van der Waals surface area contributed by atoms with E-state index >= 15 is 0 Å². The van der Waals surface area contributed by atoms with Gasteiger partial charge in [-0.05, 0) is 38.5 Å². The molecule has 2 rings (SSSR count). The summed E-state index contributed by atoms with van der Waals surface area (Å²) in [6, 6.07) is 3.21. The highest BCUT2D eigenvalue weighted by Crippen LogP contribution is 2.33. The molecule has 1 aromatic heterocycles. The Balaban J connectivity index is 2.37. The molecule has 1 aromatic rings. The van der Waals surface area contributed by atoms with Gasteiger partial charge in [-0.1, -0.05) is 0 Å². The molecule has 0 aromatic carbocycles. The number of pyridine rings is 1. The summed E-state index contributed by atoms with van der Waals surface area (Å²) in [5, 5.41) is 0. The molecule has 1 aliphatic rings. The van der Waals surface area contributed by atoms with Crippen LogP contribution >= 0.6 is 0 Å². The molecular weight excluding hydrogens is 274 g/mol. The van der Waals surface area contributed by atoms with Gasteiger partial charge < -0.3 is 14.2 Å². The van der Waals surface area contributed by atoms with Crippen LogP contribution in [0.15, 0.2) is 12.1 Å². The molecule has 0 amide bonds. The van der Waals surface area contributed by atoms with Crippen LogP contribution in [0, 0.1) is 0 Å². The number of ether oxygens (including phenoxy) is 3. The van der Waals surface area contributed by atoms with Crippen molar-refractivity contribution < 1.29 is 23.8 Å². The van der Waals surface area contributed by atoms with Crippen molar-refractivity contribution in [3.05, 3.63) is 29.1 Å². The monoisotopic (exact) mass is 293 g/mol. The summed E-state index contributed by atoms with van der Waals surface area (Å²) in [5.41, 5.74) is 1.00. The second-order valence-electron chi connectivity index (χ2n) is 5.26. The van der Waals surface area contributed by atoms with E-state index in [2.05, 4.69) is 4.98 Å². The van der Waals surface area contributed by atoms with Gasteiger partial charge in [-0.15, -0.1) is 0 Å². The molecule has 1 fully saturated rings. The van der Waals surface area contributed by atoms with Crippen LogP contribution in [0.25, 0.3) is 0 Å². The lowest BCUT2D eigenvalue weighted by molar-refractivity contribution is -0.139. The fourth-order valence-electron chi connectivity index (χ4n) is 2.08. The van der Waals surface area contributed by atoms with E-state index in [0.717, 1.165) is 0 Å². The fourth-order valence-corrected chi connectivity index (χ4v) is 2.08. The number of nitrogens with zero attached hydrogens (tertiary/aromatic N) is 1. The van der Waals surface area contributed by atoms with Crippen molar-refractivity contribution in [3.8, 4) is 0 Å². The van der Waals surface area contributed by atoms with Gasteiger partial charge in [0.05, 0.1) is 13.2 Å². The largest absolute Gasteiger partial charge is 0.461 e. The maximum absolute atomic E-state index is 11.8. The normalized spacial score (nSPS) is 20.3. The van der Waals surface area contributed by atoms with Crippen LogP contribution in [0.2, 0.25) is 0 Å². The molecular formula is C15H19NO5. The Morgan fingerprint density at radius 1 is 1.38 bits per heavy atom. The van der Waals surface area contributed by atoms with Crippen molar-refractivity contribution in [1.82, 2.24) is 4.98 Å². The van der Waals surface area contributed by atoms with Gasteiger partial charge in [-0.2, -0.15) is 0 Å². The Labute approximate surface area is 123 Å². The number of hydrogen-bond acceptors (Lipinski definition) is 6. The summed E-state index contributed by atoms with van der Waals surface area (Å²) in [6.45, 7) is 7.34. The van der Waals surface area contributed by atoms with Gasteiger partial charge in [0, 0.05) is 6.92 Å². The minimum absolute atomic E-state index is 0.104. The van der Waals surface area contributed by atoms with Crippen LogP contribution in [-0.2, 0) is 14.2 Å². The highest BCUT2D eigenvalue weighted by Gasteiger charge is 2.34. The Morgan fingerprint density at radius 2 is 2.05 bits per heavy atom. The summed E-state index contributed by atoms with van der Waals surface area (Å²) >= 11 is 0. The zero-order valence-corrected chi connectivity index (χ0v) is 12.6. The van der Waals surface area contributed by atoms with Gasteiger partial charge in [-0.3, -0.25) is 4.79 Å². The van der Waals surface area contributed by atoms with Crippen molar-refractivity contribution in [1.29, 1.82) is 0 Å². The molecule has 0 bridgehead atoms. The minimum Gasteiger partial charge on any atom is -0.461 e. The second-order valence-corrected chi connectivity index (χ2v) is 5.26. The maximum atomic E-state index is 11.8. The number of Topliss-reactive ketones (excluding diaryl/α,β-unsaturated/α-hetero) is 1. The van der Waals surface area contributed by atoms with Crippen LogP contribution in [0.5, 0.6) is 0 Å². The van der Waals surface area contributed by atoms with Gasteiger partial charge >= 0.3 is 5.97 Å². The van der Waals surface area contributed by atoms with E-state index < -0.39 is 11.8 Å². The van der Waals surface area contributed by atoms with Crippen LogP contribution in [0.1, 0.15) is 60.3 Å². The lowest BCUT2D eigenvalue weighted by atomic mass is 10.1. The lowest BCUT2D eigenvalue weighted by Crippen LogP contribution is -2.20. The fraction of sp³-hybridized carbons (Fsp3) is 0.533. The third-order valence-corrected chi connectivity index (χ3v) is 3.07. The summed E-state index contributed by atoms with van der Waals surface area (Å²) in [6.07, 6.45) is -0.339. The summed E-state index contributed by atoms with van der Waals surface area (Å²) in [7, 11) is 0. The molecule has 0 aliphatic carbocycles. The molecule has 0 N–H and O–H groups in total. The molecule has 1 aliphatic heterocycles. The molecule has 0 spiro atoms. The van der Waals surface area contributed by atoms with Crippen LogP contribution in [0.4, 0.5) is 0 Å². The first kappa shape index (κ1) is 15.6. The predicted molar refractivity (Wildman–Crippen MR) is 74.1 cm³/mol. The minimum atomic E-state index is -0.686. The molecule has 0 saturated carbocycles. The van der Waals surface area contributed by atoms with Crippen LogP contribution in [-0.4, -0.2) is 35.7 Å². The quantitative estimate of drug-likeness (QED) is 0.626. The Bertz CT molecular complexity index is 567. The Kier molecular flexibility index (Phi) is 4.39. The molecule has 6 nitrogen and oxygen atoms in total. The molecule has 114 valence electrons. The van der Waals surface area contributed by atoms with Gasteiger partial charge in [0.2, 0.25) is 0 Å². The van der Waals surface area contributed by atoms with E-state index in [1.165, 1.54) is 6.92 Å². The first-order valence-electron chi connectivity index (χ1n) is 6.84. The number of rotatable bonds is 4. The van der Waals surface area contributed by atoms with Crippen molar-refractivity contribution in [2.45, 2.75) is 39.6 Å². The zero-order chi connectivity index (χ0) is 15.6. The van der Waals surface area contributed by atoms with Crippen LogP contribution < -0.4 is 0 Å². The average Bonchev–Trinajstić information content (AvgIpc) is 2.79. The Morgan fingerprint density at radius 3 is 2.57 bits per heavy atom. The molecule has 1 unspecified atom stereocenters. The number of carbonyl (C=O) groups is 2. The first-order chi connectivity index (χ1) is 9.82. The average molecular weight is 293 g/mol. The van der Waals surface area contributed by atoms with E-state index in [1.807, 2.05) is 13.8 Å². The molecule has 6 heteroatoms. The number of aromatic nitrogens is 1. The summed E-state index contributed by atoms with van der Waals surface area (Å²) in [4.78, 5) is 27.5. The second kappa shape index (κ2) is 5.91. The van der Waals surface area contributed by atoms with Gasteiger partial charge in [0.1, 0.15) is 17.5 Å². The maximum Gasteiger partial charge on any atom is 0.356 e. The van der Waals surface area contributed by atoms with Crippen molar-refractivity contribution in [2.24, 2.45) is 0 Å². The van der Waals surface area contributed by atoms with E-state index in [1.54, 1.807) is 19.1 Å². The third kappa shape index (κ3) is 3.65.